The summed E-state index contributed by atoms with van der Waals surface area (Å²) >= 11 is 0. The summed E-state index contributed by atoms with van der Waals surface area (Å²) in [6.07, 6.45) is -15.1. The van der Waals surface area contributed by atoms with E-state index in [1.165, 1.54) is 83.3 Å². The summed E-state index contributed by atoms with van der Waals surface area (Å²) in [6.45, 7) is -1.23. The predicted octanol–water partition coefficient (Wildman–Crippen LogP) is -19.6. The molecular weight excluding hydrogens is 1720 g/mol. The molecule has 6 radical (unpaired) electrons. The average molecular weight is 1800 g/mol. The Balaban J connectivity index is 0.000000171. The second-order valence-electron chi connectivity index (χ2n) is 27.3. The Morgan fingerprint density at radius 3 is 1.24 bits per heavy atom. The van der Waals surface area contributed by atoms with Crippen LogP contribution < -0.4 is 97.5 Å². The maximum absolute atomic E-state index is 12.7. The molecule has 18 heterocycles. The number of hydrogen-bond donors (Lipinski definition) is 21. The van der Waals surface area contributed by atoms with E-state index >= 15 is 0 Å². The van der Waals surface area contributed by atoms with Crippen molar-refractivity contribution in [2.75, 3.05) is 121 Å². The van der Waals surface area contributed by atoms with Gasteiger partial charge in [-0.05, 0) is 118 Å². The van der Waals surface area contributed by atoms with Crippen LogP contribution in [0.4, 0.5) is 9.59 Å². The number of phosphoric ester groups is 4. The van der Waals surface area contributed by atoms with Crippen LogP contribution in [0, 0.1) is 5.92 Å². The molecule has 18 aliphatic rings. The first-order chi connectivity index (χ1) is 57.4. The van der Waals surface area contributed by atoms with Gasteiger partial charge < -0.3 is 103 Å². The van der Waals surface area contributed by atoms with Crippen molar-refractivity contribution < 1.29 is 137 Å². The molecule has 18 saturated heterocycles. The van der Waals surface area contributed by atoms with Gasteiger partial charge in [0.05, 0.1) is 72.3 Å². The van der Waals surface area contributed by atoms with Crippen molar-refractivity contribution in [3.63, 3.8) is 0 Å². The molecule has 18 fully saturated rings. The molecule has 0 saturated carbocycles. The summed E-state index contributed by atoms with van der Waals surface area (Å²) in [5.41, 5.74) is 34.8. The molecular formula is C39H86B4N44O29P4-2. The van der Waals surface area contributed by atoms with Crippen LogP contribution in [0.5, 0.6) is 0 Å². The van der Waals surface area contributed by atoms with Gasteiger partial charge in [-0.1, -0.05) is 27.4 Å². The van der Waals surface area contributed by atoms with Gasteiger partial charge in [0.15, 0.2) is 0 Å². The molecule has 4 amide bonds. The summed E-state index contributed by atoms with van der Waals surface area (Å²) in [5.74, 6) is -0.364. The van der Waals surface area contributed by atoms with E-state index in [0.29, 0.717) is 0 Å². The Kier molecular flexibility index (Phi) is 26.7. The highest BCUT2D eigenvalue weighted by molar-refractivity contribution is 7.47. The number of carbonyl (C=O) groups is 2. The number of nitrogens with one attached hydrogen (secondary N) is 16. The number of hydrogen-bond acceptors (Lipinski definition) is 67. The number of aliphatic hydroxyl groups is 3. The van der Waals surface area contributed by atoms with Gasteiger partial charge in [0, 0.05) is 74.7 Å². The van der Waals surface area contributed by atoms with Gasteiger partial charge in [-0.25, -0.2) is 18.7 Å². The molecule has 18 aliphatic heterocycles. The van der Waals surface area contributed by atoms with Crippen LogP contribution in [0.15, 0.2) is 0 Å². The van der Waals surface area contributed by atoms with Gasteiger partial charge in [0.1, 0.15) is 101 Å². The number of hydrazine groups is 50. The summed E-state index contributed by atoms with van der Waals surface area (Å²) < 4.78 is 139. The van der Waals surface area contributed by atoms with Crippen molar-refractivity contribution in [1.82, 2.24) is 233 Å². The second kappa shape index (κ2) is 35.9. The predicted molar refractivity (Wildman–Crippen MR) is 364 cm³/mol. The Morgan fingerprint density at radius 1 is 0.400 bits per heavy atom. The van der Waals surface area contributed by atoms with Gasteiger partial charge in [-0.15, -0.1) is 64.8 Å². The van der Waals surface area contributed by atoms with Crippen LogP contribution in [0.3, 0.4) is 0 Å². The quantitative estimate of drug-likeness (QED) is 0.0902. The van der Waals surface area contributed by atoms with E-state index in [1.807, 2.05) is 66.0 Å². The third-order valence-corrected chi connectivity index (χ3v) is 23.9. The highest BCUT2D eigenvalue weighted by atomic mass is 31.2. The first kappa shape index (κ1) is 89.2. The minimum absolute atomic E-state index is 0.214. The lowest BCUT2D eigenvalue weighted by Gasteiger charge is -2.84. The molecule has 670 valence electrons. The molecule has 18 rings (SSSR count). The van der Waals surface area contributed by atoms with Crippen LogP contribution in [-0.2, 0) is 92.3 Å². The molecule has 0 aromatic heterocycles. The highest BCUT2D eigenvalue weighted by Gasteiger charge is 2.81. The number of rotatable bonds is 2. The van der Waals surface area contributed by atoms with Gasteiger partial charge >= 0.3 is 27.7 Å². The number of phosphoric acid groups is 4. The van der Waals surface area contributed by atoms with E-state index in [4.69, 9.17) is 89.6 Å². The molecule has 9 unspecified atom stereocenters. The number of amides is 4. The second-order valence-corrected chi connectivity index (χ2v) is 32.9. The van der Waals surface area contributed by atoms with Crippen LogP contribution in [0.2, 0.25) is 0 Å². The van der Waals surface area contributed by atoms with Crippen molar-refractivity contribution in [3.8, 4) is 0 Å². The molecule has 0 aliphatic carbocycles. The first-order valence-corrected chi connectivity index (χ1v) is 42.1. The minimum atomic E-state index is -5.17. The lowest BCUT2D eigenvalue weighted by molar-refractivity contribution is -0.953. The van der Waals surface area contributed by atoms with Crippen molar-refractivity contribution in [3.05, 3.63) is 0 Å². The summed E-state index contributed by atoms with van der Waals surface area (Å²) in [6, 6.07) is -3.49. The van der Waals surface area contributed by atoms with Crippen LogP contribution >= 0.6 is 31.3 Å². The van der Waals surface area contributed by atoms with Crippen molar-refractivity contribution in [1.29, 1.82) is 0 Å². The topological polar surface area (TPSA) is 681 Å². The van der Waals surface area contributed by atoms with Crippen LogP contribution in [0.25, 0.3) is 0 Å². The lowest BCUT2D eigenvalue weighted by atomic mass is 9.49. The molecule has 73 nitrogen and oxygen atoms in total. The summed E-state index contributed by atoms with van der Waals surface area (Å²) in [5, 5.41) is 87.5. The van der Waals surface area contributed by atoms with Gasteiger partial charge in [0.2, 0.25) is 0 Å². The molecule has 20 atom stereocenters. The number of nitrogens with zero attached hydrogens (tertiary/aromatic N) is 28. The summed E-state index contributed by atoms with van der Waals surface area (Å²) in [7, 11) is 1.76. The van der Waals surface area contributed by atoms with Gasteiger partial charge in [-0.2, -0.15) is 22.1 Å². The number of aliphatic hydroxyl groups excluding tert-OH is 3. The number of ether oxygens (including phenoxy) is 8. The zero-order valence-corrected chi connectivity index (χ0v) is 67.4. The van der Waals surface area contributed by atoms with Crippen molar-refractivity contribution in [2.45, 2.75) is 112 Å². The van der Waals surface area contributed by atoms with Crippen molar-refractivity contribution in [2.24, 2.45) is 5.92 Å². The molecule has 2 bridgehead atoms. The smallest absolute Gasteiger partial charge is 0.472 e. The van der Waals surface area contributed by atoms with E-state index in [1.54, 1.807) is 52.3 Å². The SMILES string of the molecule is [B][B][C@@H]1O[C@@H]2COP(=O)(O)OCCNC(=O)NCOP(=O)([O-])OC3C(COCN4N(CO[C@H]2[C@H]1O)N1NNNNN2N(NNN41)N1N2N2N4N(C)N(C)N4N12)O[C@@H](C)[C@@H]3O.[B][B][C@@H]1O[C@@H]2COP(=O)(O)OCCNC(=O)NCOP(=O)([O-])OC3C(O)C(COCN4N(CO[C@H]2[C@H]1C)N1NNNNN2N(NNN41)N1N2N2N4N(C)N(C)N4N12)O[C@H]3C. The van der Waals surface area contributed by atoms with Crippen molar-refractivity contribution >= 4 is 73.2 Å². The Hall–Kier alpha value is -2.80. The number of carbonyl (C=O) groups excluding carboxylic acids is 2. The van der Waals surface area contributed by atoms with E-state index in [2.05, 4.69) is 87.7 Å². The molecule has 21 N–H and O–H groups in total. The number of urea groups is 2. The fourth-order valence-corrected chi connectivity index (χ4v) is 17.1. The van der Waals surface area contributed by atoms with Gasteiger partial charge in [-0.3, -0.25) is 36.3 Å². The largest absolute Gasteiger partial charge is 0.756 e. The average Bonchev–Trinajstić information content (AvgIpc) is 0.681. The van der Waals surface area contributed by atoms with E-state index < -0.39 is 175 Å². The standard InChI is InChI=1S/C20H45B2N22O14P2.C19H43B2N22O15P2/c1-12-17-15(57-19(12)22-21)8-54-59(47,48)53-6-5-23-20(46)24-9-55-60(49,50)58-18-13(2)56-14(16(18)45)7-51-10-33-34(11-52-17)35-27-25-26-28-37-38(30-29-36(33)35)42-41(37)43-39-31(3)32(4)40(39)44(42)43;1-11-14(44)17-12(56-11)6-51-9-32-33(34-26-24-25-27-36-37(29-28-35(32)34)41-40(36)42-38-30(2)31(3)39(38)43(41)42)10-52-16-13(57-18(21-20)15(16)45)7-54-59(47,48)53-5-4-22-19(46)23-8-55-60(49,50)58-17/h12-19,25-30,45H,5-11H2,1-4H3,(H,47,48)(H,49,50)(H2,23,24,46);11-18,24-29,44-45H,4-10H2,1-3H3,(H,47,48)(H,49,50)(H2,22,23,46)/p-2/t12-,13+,14?,15-,16?,17+,18?,19-;11-,12?,13+,14-,15+,16+,17?,18+/m10/s1. The first-order valence-electron chi connectivity index (χ1n) is 36.2. The Labute approximate surface area is 680 Å². The van der Waals surface area contributed by atoms with Gasteiger partial charge in [0.25, 0.3) is 15.6 Å². The third-order valence-electron chi connectivity index (χ3n) is 20.0. The Morgan fingerprint density at radius 2 is 0.775 bits per heavy atom. The van der Waals surface area contributed by atoms with E-state index in [-0.39, 0.29) is 59.1 Å². The lowest BCUT2D eigenvalue weighted by Crippen LogP contribution is -3.14. The Bertz CT molecular complexity index is 3830. The molecule has 0 aromatic rings. The molecule has 120 heavy (non-hydrogen) atoms. The van der Waals surface area contributed by atoms with E-state index in [9.17, 15) is 62.7 Å². The zero-order valence-electron chi connectivity index (χ0n) is 63.8. The molecule has 0 spiro atoms. The highest BCUT2D eigenvalue weighted by Crippen LogP contribution is 2.53. The normalized spacial score (nSPS) is 43.5. The molecule has 81 heteroatoms. The summed E-state index contributed by atoms with van der Waals surface area (Å²) in [4.78, 5) is 70.3. The fraction of sp³-hybridized carbons (Fsp3) is 0.949. The monoisotopic (exact) mass is 1800 g/mol. The third kappa shape index (κ3) is 16.8. The van der Waals surface area contributed by atoms with Crippen LogP contribution in [0.1, 0.15) is 20.8 Å². The van der Waals surface area contributed by atoms with E-state index in [0.717, 1.165) is 7.17 Å². The minimum Gasteiger partial charge on any atom is -0.756 e. The molecule has 0 aromatic carbocycles. The maximum atomic E-state index is 12.7. The zero-order chi connectivity index (χ0) is 84.5. The maximum Gasteiger partial charge on any atom is 0.472 e. The fourth-order valence-electron chi connectivity index (χ4n) is 13.9. The van der Waals surface area contributed by atoms with Crippen LogP contribution in [-0.4, -0.2) is 425 Å². The number of fused-ring (bicyclic) bond motifs is 33.